The molecule has 0 saturated heterocycles. The van der Waals surface area contributed by atoms with Crippen molar-refractivity contribution in [1.82, 2.24) is 4.98 Å². The molecule has 5 nitrogen and oxygen atoms in total. The zero-order valence-corrected chi connectivity index (χ0v) is 15.7. The van der Waals surface area contributed by atoms with Crippen LogP contribution in [0, 0.1) is 0 Å². The normalized spacial score (nSPS) is 11.0. The van der Waals surface area contributed by atoms with Crippen LogP contribution in [-0.2, 0) is 11.2 Å². The number of benzene rings is 1. The van der Waals surface area contributed by atoms with E-state index in [1.165, 1.54) is 11.3 Å². The van der Waals surface area contributed by atoms with Gasteiger partial charge in [-0.25, -0.2) is 4.98 Å². The summed E-state index contributed by atoms with van der Waals surface area (Å²) in [6.07, 6.45) is 0.359. The van der Waals surface area contributed by atoms with E-state index in [0.717, 1.165) is 21.6 Å². The molecular weight excluding hydrogens is 368 g/mol. The molecule has 26 heavy (non-hydrogen) atoms. The number of hydrogen-bond acceptors (Lipinski definition) is 6. The van der Waals surface area contributed by atoms with E-state index >= 15 is 0 Å². The third-order valence-corrected chi connectivity index (χ3v) is 5.35. The maximum absolute atomic E-state index is 12.1. The van der Waals surface area contributed by atoms with Gasteiger partial charge in [0.15, 0.2) is 10.9 Å². The summed E-state index contributed by atoms with van der Waals surface area (Å²) in [5, 5.41) is 8.21. The molecular formula is C19H16N2O3S2. The smallest absolute Gasteiger partial charge is 0.231 e. The molecule has 0 aliphatic rings. The van der Waals surface area contributed by atoms with Gasteiger partial charge in [-0.3, -0.25) is 4.79 Å². The van der Waals surface area contributed by atoms with Crippen molar-refractivity contribution in [2.45, 2.75) is 13.3 Å². The summed E-state index contributed by atoms with van der Waals surface area (Å²) in [6, 6.07) is 11.5. The lowest BCUT2D eigenvalue weighted by Crippen LogP contribution is -2.13. The van der Waals surface area contributed by atoms with Crippen LogP contribution in [0.3, 0.4) is 0 Å². The van der Waals surface area contributed by atoms with Crippen molar-refractivity contribution in [3.63, 3.8) is 0 Å². The van der Waals surface area contributed by atoms with Crippen LogP contribution in [0.1, 0.15) is 11.8 Å². The van der Waals surface area contributed by atoms with E-state index in [1.807, 2.05) is 54.1 Å². The Morgan fingerprint density at radius 1 is 1.27 bits per heavy atom. The largest absolute Gasteiger partial charge is 0.494 e. The summed E-state index contributed by atoms with van der Waals surface area (Å²) in [6.45, 7) is 2.57. The highest BCUT2D eigenvalue weighted by Gasteiger charge is 2.13. The van der Waals surface area contributed by atoms with Crippen LogP contribution in [0.25, 0.3) is 22.4 Å². The Hall–Kier alpha value is -2.64. The molecule has 4 rings (SSSR count). The number of thiophene rings is 1. The molecule has 1 aromatic carbocycles. The minimum atomic E-state index is -0.0701. The Bertz CT molecular complexity index is 1030. The van der Waals surface area contributed by atoms with Crippen molar-refractivity contribution in [2.24, 2.45) is 0 Å². The van der Waals surface area contributed by atoms with E-state index in [4.69, 9.17) is 9.15 Å². The van der Waals surface area contributed by atoms with Crippen molar-refractivity contribution in [2.75, 3.05) is 11.9 Å². The fourth-order valence-electron chi connectivity index (χ4n) is 2.58. The molecule has 0 bridgehead atoms. The van der Waals surface area contributed by atoms with Crippen LogP contribution in [0.2, 0.25) is 0 Å². The molecule has 0 saturated carbocycles. The van der Waals surface area contributed by atoms with Crippen LogP contribution < -0.4 is 10.1 Å². The number of thiazole rings is 1. The van der Waals surface area contributed by atoms with Gasteiger partial charge in [-0.05, 0) is 42.6 Å². The quantitative estimate of drug-likeness (QED) is 0.496. The molecule has 3 heterocycles. The standard InChI is InChI=1S/C19H16N2O3S2/c1-2-23-13-5-6-16-12(8-13)9-17(24-16)15-11-26-19(20-15)21-18(22)10-14-4-3-7-25-14/h3-9,11H,2,10H2,1H3,(H,20,21,22). The van der Waals surface area contributed by atoms with Crippen LogP contribution in [0.15, 0.2) is 51.6 Å². The van der Waals surface area contributed by atoms with E-state index in [0.29, 0.717) is 29.6 Å². The first kappa shape index (κ1) is 16.8. The van der Waals surface area contributed by atoms with Gasteiger partial charge in [-0.2, -0.15) is 0 Å². The molecule has 0 atom stereocenters. The first-order chi connectivity index (χ1) is 12.7. The molecule has 0 spiro atoms. The second-order valence-electron chi connectivity index (χ2n) is 5.59. The molecule has 3 aromatic heterocycles. The lowest BCUT2D eigenvalue weighted by molar-refractivity contribution is -0.115. The Labute approximate surface area is 158 Å². The monoisotopic (exact) mass is 384 g/mol. The van der Waals surface area contributed by atoms with Crippen molar-refractivity contribution >= 4 is 44.7 Å². The van der Waals surface area contributed by atoms with Gasteiger partial charge in [-0.15, -0.1) is 22.7 Å². The third kappa shape index (κ3) is 3.63. The van der Waals surface area contributed by atoms with Gasteiger partial charge in [-0.1, -0.05) is 6.07 Å². The number of fused-ring (bicyclic) bond motifs is 1. The highest BCUT2D eigenvalue weighted by atomic mass is 32.1. The summed E-state index contributed by atoms with van der Waals surface area (Å²) < 4.78 is 11.4. The molecule has 0 unspecified atom stereocenters. The van der Waals surface area contributed by atoms with Gasteiger partial charge in [0.1, 0.15) is 17.0 Å². The average Bonchev–Trinajstić information content (AvgIpc) is 3.34. The number of amides is 1. The number of rotatable bonds is 6. The summed E-state index contributed by atoms with van der Waals surface area (Å²) in [7, 11) is 0. The first-order valence-corrected chi connectivity index (χ1v) is 9.91. The highest BCUT2D eigenvalue weighted by Crippen LogP contribution is 2.32. The molecule has 0 aliphatic heterocycles. The Morgan fingerprint density at radius 2 is 2.19 bits per heavy atom. The number of aromatic nitrogens is 1. The number of ether oxygens (including phenoxy) is 1. The Balaban J connectivity index is 1.50. The summed E-state index contributed by atoms with van der Waals surface area (Å²) in [4.78, 5) is 17.6. The zero-order chi connectivity index (χ0) is 17.9. The molecule has 4 aromatic rings. The SMILES string of the molecule is CCOc1ccc2oc(-c3csc(NC(=O)Cc4cccs4)n3)cc2c1. The summed E-state index contributed by atoms with van der Waals surface area (Å²) in [5.41, 5.74) is 1.48. The lowest BCUT2D eigenvalue weighted by atomic mass is 10.2. The topological polar surface area (TPSA) is 64.4 Å². The fourth-order valence-corrected chi connectivity index (χ4v) is 4.00. The maximum Gasteiger partial charge on any atom is 0.231 e. The maximum atomic E-state index is 12.1. The fraction of sp³-hybridized carbons (Fsp3) is 0.158. The van der Waals surface area contributed by atoms with Crippen molar-refractivity contribution < 1.29 is 13.9 Å². The van der Waals surface area contributed by atoms with E-state index in [-0.39, 0.29) is 5.91 Å². The summed E-state index contributed by atoms with van der Waals surface area (Å²) in [5.74, 6) is 1.41. The number of furan rings is 1. The van der Waals surface area contributed by atoms with Crippen LogP contribution in [0.5, 0.6) is 5.75 Å². The second kappa shape index (κ2) is 7.31. The molecule has 7 heteroatoms. The number of nitrogens with zero attached hydrogens (tertiary/aromatic N) is 1. The van der Waals surface area contributed by atoms with E-state index in [2.05, 4.69) is 10.3 Å². The lowest BCUT2D eigenvalue weighted by Gasteiger charge is -2.00. The predicted molar refractivity (Wildman–Crippen MR) is 105 cm³/mol. The second-order valence-corrected chi connectivity index (χ2v) is 7.48. The molecule has 0 aliphatic carbocycles. The molecule has 132 valence electrons. The van der Waals surface area contributed by atoms with Crippen LogP contribution in [-0.4, -0.2) is 17.5 Å². The minimum Gasteiger partial charge on any atom is -0.494 e. The Morgan fingerprint density at radius 3 is 3.00 bits per heavy atom. The number of nitrogens with one attached hydrogen (secondary N) is 1. The van der Waals surface area contributed by atoms with Gasteiger partial charge >= 0.3 is 0 Å². The minimum absolute atomic E-state index is 0.0701. The summed E-state index contributed by atoms with van der Waals surface area (Å²) >= 11 is 2.95. The predicted octanol–water partition coefficient (Wildman–Crippen LogP) is 5.20. The molecule has 1 N–H and O–H groups in total. The molecule has 0 radical (unpaired) electrons. The number of anilines is 1. The van der Waals surface area contributed by atoms with Gasteiger partial charge in [0, 0.05) is 15.6 Å². The van der Waals surface area contributed by atoms with E-state index in [1.54, 1.807) is 11.3 Å². The Kier molecular flexibility index (Phi) is 4.73. The van der Waals surface area contributed by atoms with E-state index in [9.17, 15) is 4.79 Å². The van der Waals surface area contributed by atoms with Gasteiger partial charge in [0.25, 0.3) is 0 Å². The molecule has 1 amide bonds. The average molecular weight is 384 g/mol. The van der Waals surface area contributed by atoms with E-state index < -0.39 is 0 Å². The van der Waals surface area contributed by atoms with Gasteiger partial charge in [0.05, 0.1) is 13.0 Å². The number of hydrogen-bond donors (Lipinski definition) is 1. The number of carbonyl (C=O) groups is 1. The third-order valence-electron chi connectivity index (χ3n) is 3.72. The van der Waals surface area contributed by atoms with Gasteiger partial charge < -0.3 is 14.5 Å². The van der Waals surface area contributed by atoms with Crippen LogP contribution in [0.4, 0.5) is 5.13 Å². The first-order valence-electron chi connectivity index (χ1n) is 8.16. The zero-order valence-electron chi connectivity index (χ0n) is 14.0. The van der Waals surface area contributed by atoms with Gasteiger partial charge in [0.2, 0.25) is 5.91 Å². The highest BCUT2D eigenvalue weighted by molar-refractivity contribution is 7.14. The number of carbonyl (C=O) groups excluding carboxylic acids is 1. The van der Waals surface area contributed by atoms with Crippen molar-refractivity contribution in [1.29, 1.82) is 0 Å². The van der Waals surface area contributed by atoms with Crippen molar-refractivity contribution in [3.8, 4) is 17.2 Å². The molecule has 0 fully saturated rings. The van der Waals surface area contributed by atoms with Crippen LogP contribution >= 0.6 is 22.7 Å². The van der Waals surface area contributed by atoms with Crippen molar-refractivity contribution in [3.05, 3.63) is 52.0 Å².